The molecule has 0 bridgehead atoms. The third kappa shape index (κ3) is 4.82. The van der Waals surface area contributed by atoms with Gasteiger partial charge in [0.15, 0.2) is 0 Å². The summed E-state index contributed by atoms with van der Waals surface area (Å²) >= 11 is 1.65. The van der Waals surface area contributed by atoms with Gasteiger partial charge in [-0.05, 0) is 66.9 Å². The molecule has 1 aromatic heterocycles. The molecule has 0 N–H and O–H groups in total. The number of ether oxygens (including phenoxy) is 2. The Hall–Kier alpha value is -2.86. The largest absolute Gasteiger partial charge is 0.497 e. The van der Waals surface area contributed by atoms with E-state index in [9.17, 15) is 0 Å². The van der Waals surface area contributed by atoms with E-state index in [1.54, 1.807) is 25.6 Å². The van der Waals surface area contributed by atoms with E-state index in [0.717, 1.165) is 46.0 Å². The molecule has 2 aromatic carbocycles. The topological polar surface area (TPSA) is 48.1 Å². The lowest BCUT2D eigenvalue weighted by Crippen LogP contribution is -2.19. The van der Waals surface area contributed by atoms with E-state index in [0.29, 0.717) is 6.04 Å². The monoisotopic (exact) mass is 421 g/mol. The molecule has 156 valence electrons. The Morgan fingerprint density at radius 1 is 0.900 bits per heavy atom. The molecule has 1 fully saturated rings. The summed E-state index contributed by atoms with van der Waals surface area (Å²) < 4.78 is 12.5. The molecule has 1 heterocycles. The molecular weight excluding hydrogens is 394 g/mol. The first-order valence-corrected chi connectivity index (χ1v) is 11.2. The summed E-state index contributed by atoms with van der Waals surface area (Å²) in [7, 11) is 3.35. The molecule has 0 radical (unpaired) electrons. The first kappa shape index (κ1) is 20.4. The van der Waals surface area contributed by atoms with E-state index in [1.807, 2.05) is 47.3 Å². The van der Waals surface area contributed by atoms with Crippen molar-refractivity contribution < 1.29 is 9.47 Å². The van der Waals surface area contributed by atoms with Gasteiger partial charge >= 0.3 is 0 Å². The Bertz CT molecular complexity index is 1040. The van der Waals surface area contributed by atoms with E-state index in [1.165, 1.54) is 19.3 Å². The number of benzene rings is 2. The van der Waals surface area contributed by atoms with Crippen LogP contribution in [0.3, 0.4) is 0 Å². The molecule has 1 saturated carbocycles. The van der Waals surface area contributed by atoms with Crippen LogP contribution >= 0.6 is 11.3 Å². The van der Waals surface area contributed by atoms with E-state index < -0.39 is 0 Å². The molecule has 0 aliphatic heterocycles. The standard InChI is InChI=1S/C24H27N3O2S/c1-28-21-12-8-18(9-13-21)16-25-27-23(19-10-14-22(29-2)15-11-19)17-30-24(27)26-20-6-4-3-5-7-20/h8-17,20H,3-7H2,1-2H3. The van der Waals surface area contributed by atoms with Gasteiger partial charge in [-0.2, -0.15) is 5.10 Å². The van der Waals surface area contributed by atoms with Crippen molar-refractivity contribution in [3.05, 3.63) is 64.3 Å². The van der Waals surface area contributed by atoms with Gasteiger partial charge < -0.3 is 9.47 Å². The quantitative estimate of drug-likeness (QED) is 0.504. The van der Waals surface area contributed by atoms with Gasteiger partial charge in [-0.1, -0.05) is 19.3 Å². The zero-order valence-corrected chi connectivity index (χ0v) is 18.3. The SMILES string of the molecule is COc1ccc(C=Nn2c(-c3ccc(OC)cc3)csc2=NC2CCCCC2)cc1. The Kier molecular flexibility index (Phi) is 6.64. The Morgan fingerprint density at radius 3 is 2.17 bits per heavy atom. The minimum atomic E-state index is 0.392. The molecule has 1 aliphatic carbocycles. The van der Waals surface area contributed by atoms with Crippen molar-refractivity contribution in [1.29, 1.82) is 0 Å². The molecule has 30 heavy (non-hydrogen) atoms. The van der Waals surface area contributed by atoms with Gasteiger partial charge in [0.2, 0.25) is 4.80 Å². The first-order valence-electron chi connectivity index (χ1n) is 10.3. The van der Waals surface area contributed by atoms with Crippen molar-refractivity contribution in [3.63, 3.8) is 0 Å². The summed E-state index contributed by atoms with van der Waals surface area (Å²) in [6.07, 6.45) is 8.05. The summed E-state index contributed by atoms with van der Waals surface area (Å²) in [5, 5.41) is 6.95. The summed E-state index contributed by atoms with van der Waals surface area (Å²) in [6.45, 7) is 0. The third-order valence-electron chi connectivity index (χ3n) is 5.38. The molecule has 6 heteroatoms. The van der Waals surface area contributed by atoms with Crippen LogP contribution in [0.1, 0.15) is 37.7 Å². The van der Waals surface area contributed by atoms with Gasteiger partial charge in [-0.3, -0.25) is 4.99 Å². The number of methoxy groups -OCH3 is 2. The van der Waals surface area contributed by atoms with Gasteiger partial charge in [0.25, 0.3) is 0 Å². The fourth-order valence-electron chi connectivity index (χ4n) is 3.64. The predicted octanol–water partition coefficient (Wildman–Crippen LogP) is 5.35. The van der Waals surface area contributed by atoms with Gasteiger partial charge in [0.1, 0.15) is 11.5 Å². The van der Waals surface area contributed by atoms with Crippen molar-refractivity contribution in [2.24, 2.45) is 10.1 Å². The number of thiazole rings is 1. The number of hydrogen-bond donors (Lipinski definition) is 0. The van der Waals surface area contributed by atoms with Crippen LogP contribution in [0, 0.1) is 0 Å². The molecule has 5 nitrogen and oxygen atoms in total. The van der Waals surface area contributed by atoms with Crippen LogP contribution in [0.2, 0.25) is 0 Å². The maximum atomic E-state index is 5.30. The van der Waals surface area contributed by atoms with Crippen LogP contribution in [0.25, 0.3) is 11.3 Å². The van der Waals surface area contributed by atoms with Gasteiger partial charge in [-0.15, -0.1) is 11.3 Å². The first-order chi connectivity index (χ1) is 14.8. The summed E-state index contributed by atoms with van der Waals surface area (Å²) in [5.74, 6) is 1.68. The van der Waals surface area contributed by atoms with Crippen molar-refractivity contribution >= 4 is 17.6 Å². The second kappa shape index (κ2) is 9.76. The minimum absolute atomic E-state index is 0.392. The molecule has 3 aromatic rings. The summed E-state index contributed by atoms with van der Waals surface area (Å²) in [6, 6.07) is 16.3. The van der Waals surface area contributed by atoms with Crippen LogP contribution in [-0.2, 0) is 0 Å². The van der Waals surface area contributed by atoms with Crippen molar-refractivity contribution in [2.75, 3.05) is 14.2 Å². The van der Waals surface area contributed by atoms with E-state index >= 15 is 0 Å². The van der Waals surface area contributed by atoms with Crippen LogP contribution in [-0.4, -0.2) is 31.2 Å². The van der Waals surface area contributed by atoms with E-state index in [4.69, 9.17) is 19.6 Å². The van der Waals surface area contributed by atoms with Gasteiger partial charge in [-0.25, -0.2) is 4.68 Å². The van der Waals surface area contributed by atoms with Crippen molar-refractivity contribution in [1.82, 2.24) is 4.68 Å². The maximum Gasteiger partial charge on any atom is 0.206 e. The highest BCUT2D eigenvalue weighted by Gasteiger charge is 2.14. The average Bonchev–Trinajstić information content (AvgIpc) is 3.21. The fraction of sp³-hybridized carbons (Fsp3) is 0.333. The zero-order valence-electron chi connectivity index (χ0n) is 17.5. The number of aromatic nitrogens is 1. The second-order valence-electron chi connectivity index (χ2n) is 7.38. The summed E-state index contributed by atoms with van der Waals surface area (Å²) in [5.41, 5.74) is 3.13. The van der Waals surface area contributed by atoms with Gasteiger partial charge in [0.05, 0.1) is 32.2 Å². The lowest BCUT2D eigenvalue weighted by molar-refractivity contribution is 0.414. The Morgan fingerprint density at radius 2 is 1.53 bits per heavy atom. The van der Waals surface area contributed by atoms with E-state index in [-0.39, 0.29) is 0 Å². The summed E-state index contributed by atoms with van der Waals surface area (Å²) in [4.78, 5) is 6.00. The van der Waals surface area contributed by atoms with Gasteiger partial charge in [0, 0.05) is 10.9 Å². The number of hydrogen-bond acceptors (Lipinski definition) is 5. The smallest absolute Gasteiger partial charge is 0.206 e. The zero-order chi connectivity index (χ0) is 20.8. The lowest BCUT2D eigenvalue weighted by Gasteiger charge is -2.16. The normalized spacial score (nSPS) is 15.6. The van der Waals surface area contributed by atoms with Crippen LogP contribution < -0.4 is 14.3 Å². The predicted molar refractivity (Wildman–Crippen MR) is 123 cm³/mol. The fourth-order valence-corrected chi connectivity index (χ4v) is 4.55. The van der Waals surface area contributed by atoms with E-state index in [2.05, 4.69) is 17.5 Å². The number of rotatable bonds is 6. The van der Waals surface area contributed by atoms with Crippen LogP contribution in [0.4, 0.5) is 0 Å². The molecule has 1 aliphatic rings. The molecule has 0 spiro atoms. The number of nitrogens with zero attached hydrogens (tertiary/aromatic N) is 3. The average molecular weight is 422 g/mol. The highest BCUT2D eigenvalue weighted by atomic mass is 32.1. The molecule has 4 rings (SSSR count). The molecule has 0 unspecified atom stereocenters. The maximum absolute atomic E-state index is 5.30. The molecule has 0 saturated heterocycles. The molecule has 0 atom stereocenters. The highest BCUT2D eigenvalue weighted by molar-refractivity contribution is 7.07. The second-order valence-corrected chi connectivity index (χ2v) is 8.22. The lowest BCUT2D eigenvalue weighted by atomic mass is 9.96. The Labute approximate surface area is 181 Å². The molecule has 0 amide bonds. The Balaban J connectivity index is 1.72. The molecular formula is C24H27N3O2S. The minimum Gasteiger partial charge on any atom is -0.497 e. The van der Waals surface area contributed by atoms with Crippen molar-refractivity contribution in [3.8, 4) is 22.8 Å². The van der Waals surface area contributed by atoms with Crippen LogP contribution in [0.15, 0.2) is 64.0 Å². The van der Waals surface area contributed by atoms with Crippen LogP contribution in [0.5, 0.6) is 11.5 Å². The highest BCUT2D eigenvalue weighted by Crippen LogP contribution is 2.24. The van der Waals surface area contributed by atoms with Crippen molar-refractivity contribution in [2.45, 2.75) is 38.1 Å². The third-order valence-corrected chi connectivity index (χ3v) is 6.21.